The van der Waals surface area contributed by atoms with Gasteiger partial charge in [-0.3, -0.25) is 14.5 Å². The van der Waals surface area contributed by atoms with Gasteiger partial charge in [0.2, 0.25) is 11.8 Å². The van der Waals surface area contributed by atoms with Crippen LogP contribution in [0.5, 0.6) is 0 Å². The molecule has 0 saturated carbocycles. The van der Waals surface area contributed by atoms with Crippen LogP contribution in [0.2, 0.25) is 5.02 Å². The Bertz CT molecular complexity index is 1050. The normalized spacial score (nSPS) is 19.2. The first-order valence-electron chi connectivity index (χ1n) is 10.9. The van der Waals surface area contributed by atoms with Gasteiger partial charge in [-0.2, -0.15) is 0 Å². The topological polar surface area (TPSA) is 64.7 Å². The van der Waals surface area contributed by atoms with Gasteiger partial charge in [0.15, 0.2) is 0 Å². The summed E-state index contributed by atoms with van der Waals surface area (Å²) in [5.74, 6) is -0.136. The lowest BCUT2D eigenvalue weighted by molar-refractivity contribution is -0.123. The maximum Gasteiger partial charge on any atom is 0.248 e. The van der Waals surface area contributed by atoms with Crippen molar-refractivity contribution in [1.82, 2.24) is 4.90 Å². The molecule has 2 N–H and O–H groups in total. The molecule has 168 valence electrons. The van der Waals surface area contributed by atoms with E-state index >= 15 is 0 Å². The Hall–Kier alpha value is -2.83. The third-order valence-corrected chi connectivity index (χ3v) is 6.21. The number of hydrogen-bond donors (Lipinski definition) is 2. The van der Waals surface area contributed by atoms with Gasteiger partial charge in [0.25, 0.3) is 0 Å². The van der Waals surface area contributed by atoms with Crippen LogP contribution in [-0.2, 0) is 9.59 Å². The van der Waals surface area contributed by atoms with Crippen molar-refractivity contribution in [2.75, 3.05) is 41.7 Å². The van der Waals surface area contributed by atoms with Gasteiger partial charge >= 0.3 is 0 Å². The molecule has 1 fully saturated rings. The summed E-state index contributed by atoms with van der Waals surface area (Å²) < 4.78 is 0. The van der Waals surface area contributed by atoms with Crippen molar-refractivity contribution in [3.63, 3.8) is 0 Å². The number of carbonyl (C=O) groups is 2. The molecule has 0 aliphatic carbocycles. The first-order chi connectivity index (χ1) is 15.2. The van der Waals surface area contributed by atoms with Gasteiger partial charge in [0, 0.05) is 49.0 Å². The second kappa shape index (κ2) is 8.96. The Morgan fingerprint density at radius 3 is 2.50 bits per heavy atom. The van der Waals surface area contributed by atoms with E-state index < -0.39 is 5.41 Å². The second-order valence-electron chi connectivity index (χ2n) is 9.27. The molecule has 4 rings (SSSR count). The second-order valence-corrected chi connectivity index (χ2v) is 9.68. The van der Waals surface area contributed by atoms with Gasteiger partial charge in [-0.05, 0) is 29.8 Å². The number of para-hydroxylation sites is 1. The fourth-order valence-corrected chi connectivity index (χ4v) is 4.34. The number of rotatable bonds is 3. The number of hydrogen-bond acceptors (Lipinski definition) is 4. The zero-order valence-electron chi connectivity index (χ0n) is 18.7. The third kappa shape index (κ3) is 4.81. The minimum atomic E-state index is -0.466. The van der Waals surface area contributed by atoms with Gasteiger partial charge in [-0.1, -0.05) is 56.6 Å². The standard InChI is InChI=1S/C25H29ClN4O2/c1-25(2,3)24(32)27-17-8-9-22(19(26)16-17)30-14-12-29(13-15-30)21-10-11-23(31)28-20-7-5-4-6-18(20)21/h4-11,16,21H,12-15H2,1-3H3,(H,27,32)(H,28,31). The molecule has 2 aromatic rings. The summed E-state index contributed by atoms with van der Waals surface area (Å²) in [6, 6.07) is 13.7. The number of nitrogens with zero attached hydrogens (tertiary/aromatic N) is 2. The first-order valence-corrected chi connectivity index (χ1v) is 11.3. The minimum absolute atomic E-state index is 0.0420. The van der Waals surface area contributed by atoms with Crippen molar-refractivity contribution in [3.8, 4) is 0 Å². The number of halogens is 1. The van der Waals surface area contributed by atoms with E-state index in [4.69, 9.17) is 11.6 Å². The highest BCUT2D eigenvalue weighted by atomic mass is 35.5. The molecule has 2 aliphatic rings. The van der Waals surface area contributed by atoms with E-state index in [0.29, 0.717) is 10.7 Å². The summed E-state index contributed by atoms with van der Waals surface area (Å²) in [6.45, 7) is 8.97. The van der Waals surface area contributed by atoms with Crippen molar-refractivity contribution < 1.29 is 9.59 Å². The quantitative estimate of drug-likeness (QED) is 0.708. The first kappa shape index (κ1) is 22.4. The Balaban J connectivity index is 1.45. The summed E-state index contributed by atoms with van der Waals surface area (Å²) in [6.07, 6.45) is 3.61. The molecule has 0 spiro atoms. The maximum atomic E-state index is 12.2. The zero-order valence-corrected chi connectivity index (χ0v) is 19.4. The molecule has 2 aromatic carbocycles. The van der Waals surface area contributed by atoms with Crippen molar-refractivity contribution in [2.24, 2.45) is 5.41 Å². The van der Waals surface area contributed by atoms with E-state index in [-0.39, 0.29) is 17.9 Å². The minimum Gasteiger partial charge on any atom is -0.368 e. The van der Waals surface area contributed by atoms with Crippen LogP contribution in [0.3, 0.4) is 0 Å². The fourth-order valence-electron chi connectivity index (χ4n) is 4.04. The number of piperazine rings is 1. The Morgan fingerprint density at radius 1 is 1.09 bits per heavy atom. The Morgan fingerprint density at radius 2 is 1.81 bits per heavy atom. The van der Waals surface area contributed by atoms with Crippen molar-refractivity contribution in [2.45, 2.75) is 26.8 Å². The van der Waals surface area contributed by atoms with Gasteiger partial charge in [-0.15, -0.1) is 0 Å². The summed E-state index contributed by atoms with van der Waals surface area (Å²) >= 11 is 6.59. The molecule has 2 aliphatic heterocycles. The van der Waals surface area contributed by atoms with E-state index in [2.05, 4.69) is 26.5 Å². The monoisotopic (exact) mass is 452 g/mol. The van der Waals surface area contributed by atoms with Crippen molar-refractivity contribution >= 4 is 40.5 Å². The largest absolute Gasteiger partial charge is 0.368 e. The zero-order chi connectivity index (χ0) is 22.9. The van der Waals surface area contributed by atoms with Crippen LogP contribution in [0, 0.1) is 5.41 Å². The summed E-state index contributed by atoms with van der Waals surface area (Å²) in [5, 5.41) is 6.51. The van der Waals surface area contributed by atoms with E-state index in [0.717, 1.165) is 43.1 Å². The van der Waals surface area contributed by atoms with Crippen LogP contribution < -0.4 is 15.5 Å². The lowest BCUT2D eigenvalue weighted by Gasteiger charge is -2.40. The number of anilines is 3. The molecular weight excluding hydrogens is 424 g/mol. The lowest BCUT2D eigenvalue weighted by Crippen LogP contribution is -2.47. The smallest absolute Gasteiger partial charge is 0.248 e. The van der Waals surface area contributed by atoms with Crippen LogP contribution >= 0.6 is 11.6 Å². The number of nitrogens with one attached hydrogen (secondary N) is 2. The van der Waals surface area contributed by atoms with E-state index in [1.54, 1.807) is 6.08 Å². The molecule has 1 saturated heterocycles. The molecule has 1 unspecified atom stereocenters. The van der Waals surface area contributed by atoms with Gasteiger partial charge < -0.3 is 15.5 Å². The highest BCUT2D eigenvalue weighted by molar-refractivity contribution is 6.33. The van der Waals surface area contributed by atoms with Crippen LogP contribution in [0.1, 0.15) is 32.4 Å². The van der Waals surface area contributed by atoms with Gasteiger partial charge in [0.1, 0.15) is 0 Å². The molecule has 32 heavy (non-hydrogen) atoms. The predicted molar refractivity (Wildman–Crippen MR) is 130 cm³/mol. The molecule has 7 heteroatoms. The van der Waals surface area contributed by atoms with Crippen LogP contribution in [-0.4, -0.2) is 42.9 Å². The van der Waals surface area contributed by atoms with Crippen LogP contribution in [0.25, 0.3) is 0 Å². The molecule has 0 radical (unpaired) electrons. The highest BCUT2D eigenvalue weighted by Crippen LogP contribution is 2.34. The number of benzene rings is 2. The number of carbonyl (C=O) groups excluding carboxylic acids is 2. The van der Waals surface area contributed by atoms with Crippen molar-refractivity contribution in [3.05, 3.63) is 65.2 Å². The van der Waals surface area contributed by atoms with Gasteiger partial charge in [0.05, 0.1) is 16.8 Å². The Kier molecular flexibility index (Phi) is 6.26. The number of amides is 2. The van der Waals surface area contributed by atoms with E-state index in [9.17, 15) is 9.59 Å². The SMILES string of the molecule is CC(C)(C)C(=O)Nc1ccc(N2CCN(C3C=CC(=O)Nc4ccccc43)CC2)c(Cl)c1. The highest BCUT2D eigenvalue weighted by Gasteiger charge is 2.28. The van der Waals surface area contributed by atoms with E-state index in [1.807, 2.05) is 63.2 Å². The van der Waals surface area contributed by atoms with Gasteiger partial charge in [-0.25, -0.2) is 0 Å². The van der Waals surface area contributed by atoms with Crippen LogP contribution in [0.15, 0.2) is 54.6 Å². The summed E-state index contributed by atoms with van der Waals surface area (Å²) in [5.41, 5.74) is 3.18. The average Bonchev–Trinajstić information content (AvgIpc) is 2.91. The van der Waals surface area contributed by atoms with Crippen LogP contribution in [0.4, 0.5) is 17.1 Å². The molecule has 0 aromatic heterocycles. The summed E-state index contributed by atoms with van der Waals surface area (Å²) in [4.78, 5) is 28.9. The van der Waals surface area contributed by atoms with E-state index in [1.165, 1.54) is 0 Å². The molecule has 6 nitrogen and oxygen atoms in total. The number of fused-ring (bicyclic) bond motifs is 1. The molecule has 0 bridgehead atoms. The molecule has 1 atom stereocenters. The fraction of sp³-hybridized carbons (Fsp3) is 0.360. The van der Waals surface area contributed by atoms with Crippen molar-refractivity contribution in [1.29, 1.82) is 0 Å². The average molecular weight is 453 g/mol. The lowest BCUT2D eigenvalue weighted by atomic mass is 9.95. The predicted octanol–water partition coefficient (Wildman–Crippen LogP) is 4.70. The molecular formula is C25H29ClN4O2. The Labute approximate surface area is 194 Å². The third-order valence-electron chi connectivity index (χ3n) is 5.90. The molecule has 2 amide bonds. The maximum absolute atomic E-state index is 12.2. The summed E-state index contributed by atoms with van der Waals surface area (Å²) in [7, 11) is 0. The molecule has 2 heterocycles.